The van der Waals surface area contributed by atoms with Gasteiger partial charge in [0.15, 0.2) is 0 Å². The number of ketones is 1. The lowest BCUT2D eigenvalue weighted by molar-refractivity contribution is -0.158. The molecule has 264 valence electrons. The van der Waals surface area contributed by atoms with Crippen LogP contribution in [0.4, 0.5) is 4.79 Å². The number of carbonyl (C=O) groups excluding carboxylic acids is 6. The summed E-state index contributed by atoms with van der Waals surface area (Å²) in [7, 11) is 0. The van der Waals surface area contributed by atoms with Gasteiger partial charge in [-0.3, -0.25) is 19.2 Å². The van der Waals surface area contributed by atoms with Crippen molar-refractivity contribution in [3.8, 4) is 0 Å². The summed E-state index contributed by atoms with van der Waals surface area (Å²) in [6.07, 6.45) is 10.7. The van der Waals surface area contributed by atoms with Crippen LogP contribution < -0.4 is 21.7 Å². The van der Waals surface area contributed by atoms with Gasteiger partial charge in [0.1, 0.15) is 23.7 Å². The maximum Gasteiger partial charge on any atom is 0.329 e. The Bertz CT molecular complexity index is 1170. The predicted octanol–water partition coefficient (Wildman–Crippen LogP) is 3.35. The Hall–Kier alpha value is -3.18. The topological polar surface area (TPSA) is 177 Å². The molecular formula is C35H57N5O7. The number of hydrogen-bond acceptors (Lipinski definition) is 7. The van der Waals surface area contributed by atoms with Gasteiger partial charge < -0.3 is 31.3 Å². The zero-order valence-corrected chi connectivity index (χ0v) is 29.0. The first-order valence-corrected chi connectivity index (χ1v) is 17.9. The Morgan fingerprint density at radius 1 is 0.787 bits per heavy atom. The van der Waals surface area contributed by atoms with Crippen LogP contribution in [0.2, 0.25) is 0 Å². The number of nitrogens with one attached hydrogen (secondary N) is 3. The first kappa shape index (κ1) is 36.7. The van der Waals surface area contributed by atoms with E-state index in [4.69, 9.17) is 10.5 Å². The number of primary amides is 1. The first-order valence-electron chi connectivity index (χ1n) is 17.9. The van der Waals surface area contributed by atoms with Crippen LogP contribution in [0.3, 0.4) is 0 Å². The van der Waals surface area contributed by atoms with Crippen LogP contribution in [0.1, 0.15) is 118 Å². The van der Waals surface area contributed by atoms with E-state index in [1.54, 1.807) is 25.7 Å². The second-order valence-corrected chi connectivity index (χ2v) is 15.7. The molecule has 0 aromatic rings. The lowest BCUT2D eigenvalue weighted by Crippen LogP contribution is -2.61. The van der Waals surface area contributed by atoms with E-state index >= 15 is 0 Å². The largest absolute Gasteiger partial charge is 0.458 e. The second-order valence-electron chi connectivity index (χ2n) is 15.7. The van der Waals surface area contributed by atoms with Crippen LogP contribution in [0, 0.1) is 29.6 Å². The van der Waals surface area contributed by atoms with Crippen molar-refractivity contribution in [1.82, 2.24) is 20.9 Å². The van der Waals surface area contributed by atoms with Gasteiger partial charge in [0.2, 0.25) is 17.6 Å². The molecule has 12 nitrogen and oxygen atoms in total. The molecule has 4 aliphatic rings. The van der Waals surface area contributed by atoms with Crippen molar-refractivity contribution < 1.29 is 33.5 Å². The molecule has 0 bridgehead atoms. The van der Waals surface area contributed by atoms with Gasteiger partial charge in [0, 0.05) is 6.54 Å². The smallest absolute Gasteiger partial charge is 0.329 e. The summed E-state index contributed by atoms with van der Waals surface area (Å²) < 4.78 is 5.67. The number of nitrogens with zero attached hydrogens (tertiary/aromatic N) is 1. The third kappa shape index (κ3) is 9.92. The fraction of sp³-hybridized carbons (Fsp3) is 0.829. The van der Waals surface area contributed by atoms with Crippen LogP contribution in [0.25, 0.3) is 0 Å². The number of urea groups is 1. The van der Waals surface area contributed by atoms with E-state index in [0.717, 1.165) is 70.6 Å². The number of esters is 1. The molecule has 0 spiro atoms. The quantitative estimate of drug-likeness (QED) is 0.173. The number of carbonyl (C=O) groups is 6. The van der Waals surface area contributed by atoms with E-state index < -0.39 is 59.4 Å². The average molecular weight is 660 g/mol. The highest BCUT2D eigenvalue weighted by atomic mass is 16.6. The van der Waals surface area contributed by atoms with Gasteiger partial charge in [0.05, 0.1) is 6.04 Å². The highest BCUT2D eigenvalue weighted by molar-refractivity contribution is 6.37. The standard InChI is InChI=1S/C35H57N5O7/c1-20(2)24-17-18-40(28(24)31(43)37-25(19-21-15-16-21)29(41)30(36)42)32(44)26(22-11-7-6-8-12-22)38-34(46)39-27(23-13-9-10-14-23)33(45)47-35(3,4)5/h20-28H,6-19H2,1-5H3,(H2,36,42)(H,37,43)(H2,38,39,46)/t24-,25?,26+,27+,28+/m1/s1. The molecule has 0 aromatic carbocycles. The molecule has 3 saturated carbocycles. The molecule has 1 saturated heterocycles. The molecule has 3 aliphatic carbocycles. The first-order chi connectivity index (χ1) is 22.2. The van der Waals surface area contributed by atoms with Gasteiger partial charge in [-0.25, -0.2) is 9.59 Å². The molecule has 5 atom stereocenters. The molecular weight excluding hydrogens is 602 g/mol. The van der Waals surface area contributed by atoms with Crippen LogP contribution in [0.5, 0.6) is 0 Å². The number of ether oxygens (including phenoxy) is 1. The third-order valence-electron chi connectivity index (χ3n) is 10.5. The van der Waals surface area contributed by atoms with Crippen LogP contribution in [0.15, 0.2) is 0 Å². The van der Waals surface area contributed by atoms with Gasteiger partial charge in [0.25, 0.3) is 5.91 Å². The third-order valence-corrected chi connectivity index (χ3v) is 10.5. The molecule has 1 unspecified atom stereocenters. The van der Waals surface area contributed by atoms with Crippen LogP contribution in [-0.4, -0.2) is 76.7 Å². The highest BCUT2D eigenvalue weighted by Crippen LogP contribution is 2.36. The molecule has 12 heteroatoms. The Morgan fingerprint density at radius 3 is 1.87 bits per heavy atom. The molecule has 1 aliphatic heterocycles. The fourth-order valence-corrected chi connectivity index (χ4v) is 7.82. The molecule has 47 heavy (non-hydrogen) atoms. The van der Waals surface area contributed by atoms with Crippen molar-refractivity contribution in [3.05, 3.63) is 0 Å². The molecule has 1 heterocycles. The van der Waals surface area contributed by atoms with E-state index in [1.165, 1.54) is 0 Å². The van der Waals surface area contributed by atoms with Crippen LogP contribution >= 0.6 is 0 Å². The summed E-state index contributed by atoms with van der Waals surface area (Å²) in [5.74, 6) is -3.28. The molecule has 5 N–H and O–H groups in total. The Labute approximate surface area is 279 Å². The summed E-state index contributed by atoms with van der Waals surface area (Å²) in [4.78, 5) is 81.4. The Balaban J connectivity index is 1.55. The summed E-state index contributed by atoms with van der Waals surface area (Å²) >= 11 is 0. The molecule has 4 rings (SSSR count). The van der Waals surface area contributed by atoms with E-state index in [1.807, 2.05) is 13.8 Å². The van der Waals surface area contributed by atoms with E-state index in [2.05, 4.69) is 16.0 Å². The summed E-state index contributed by atoms with van der Waals surface area (Å²) in [6.45, 7) is 9.70. The van der Waals surface area contributed by atoms with Crippen molar-refractivity contribution in [2.45, 2.75) is 148 Å². The number of rotatable bonds is 13. The van der Waals surface area contributed by atoms with Crippen molar-refractivity contribution in [1.29, 1.82) is 0 Å². The molecule has 0 radical (unpaired) electrons. The van der Waals surface area contributed by atoms with Crippen LogP contribution in [-0.2, 0) is 28.7 Å². The minimum atomic E-state index is -1.09. The molecule has 4 fully saturated rings. The number of likely N-dealkylation sites (tertiary alicyclic amines) is 1. The summed E-state index contributed by atoms with van der Waals surface area (Å²) in [5, 5.41) is 8.62. The van der Waals surface area contributed by atoms with Gasteiger partial charge in [-0.1, -0.05) is 58.8 Å². The minimum Gasteiger partial charge on any atom is -0.458 e. The van der Waals surface area contributed by atoms with Gasteiger partial charge >= 0.3 is 12.0 Å². The van der Waals surface area contributed by atoms with E-state index in [9.17, 15) is 28.8 Å². The van der Waals surface area contributed by atoms with Crippen molar-refractivity contribution in [3.63, 3.8) is 0 Å². The maximum atomic E-state index is 14.5. The van der Waals surface area contributed by atoms with Gasteiger partial charge in [-0.05, 0) is 88.9 Å². The molecule has 0 aromatic heterocycles. The SMILES string of the molecule is CC(C)[C@H]1CCN(C(=O)[C@@H](NC(=O)N[C@H](C(=O)OC(C)(C)C)C2CCCC2)C2CCCCC2)[C@@H]1C(=O)NC(CC1CC1)C(=O)C(N)=O. The number of hydrogen-bond donors (Lipinski definition) is 4. The Kier molecular flexibility index (Phi) is 12.3. The zero-order valence-electron chi connectivity index (χ0n) is 29.0. The fourth-order valence-electron chi connectivity index (χ4n) is 7.82. The average Bonchev–Trinajstić information content (AvgIpc) is 3.46. The number of amides is 5. The van der Waals surface area contributed by atoms with Crippen molar-refractivity contribution in [2.75, 3.05) is 6.54 Å². The second kappa shape index (κ2) is 15.8. The monoisotopic (exact) mass is 659 g/mol. The molecule has 5 amide bonds. The van der Waals surface area contributed by atoms with Gasteiger partial charge in [-0.15, -0.1) is 0 Å². The minimum absolute atomic E-state index is 0.0513. The van der Waals surface area contributed by atoms with Gasteiger partial charge in [-0.2, -0.15) is 0 Å². The van der Waals surface area contributed by atoms with Crippen molar-refractivity contribution >= 4 is 35.5 Å². The number of nitrogens with two attached hydrogens (primary N) is 1. The van der Waals surface area contributed by atoms with E-state index in [-0.39, 0.29) is 35.5 Å². The lowest BCUT2D eigenvalue weighted by atomic mass is 9.83. The summed E-state index contributed by atoms with van der Waals surface area (Å²) in [5.41, 5.74) is 4.61. The normalized spacial score (nSPS) is 24.3. The maximum absolute atomic E-state index is 14.5. The Morgan fingerprint density at radius 2 is 1.34 bits per heavy atom. The zero-order chi connectivity index (χ0) is 34.5. The number of Topliss-reactive ketones (excluding diaryl/α,β-unsaturated/α-hetero) is 1. The lowest BCUT2D eigenvalue weighted by Gasteiger charge is -2.36. The predicted molar refractivity (Wildman–Crippen MR) is 176 cm³/mol. The summed E-state index contributed by atoms with van der Waals surface area (Å²) in [6, 6.07) is -4.23. The van der Waals surface area contributed by atoms with E-state index in [0.29, 0.717) is 19.4 Å². The highest BCUT2D eigenvalue weighted by Gasteiger charge is 2.47. The van der Waals surface area contributed by atoms with Crippen molar-refractivity contribution in [2.24, 2.45) is 35.3 Å².